The first-order valence-electron chi connectivity index (χ1n) is 5.26. The molecule has 0 fully saturated rings. The molecule has 0 aromatic carbocycles. The summed E-state index contributed by atoms with van der Waals surface area (Å²) in [6.45, 7) is 4.98. The SMILES string of the molecule is Cc1cc(C(=O)NCC(C)(C)C(=O)O)n(C)n1. The second-order valence-corrected chi connectivity index (χ2v) is 4.67. The van der Waals surface area contributed by atoms with Gasteiger partial charge in [0.05, 0.1) is 11.1 Å². The fourth-order valence-electron chi connectivity index (χ4n) is 1.29. The van der Waals surface area contributed by atoms with Crippen LogP contribution in [0.3, 0.4) is 0 Å². The zero-order valence-electron chi connectivity index (χ0n) is 10.4. The fraction of sp³-hybridized carbons (Fsp3) is 0.545. The highest BCUT2D eigenvalue weighted by molar-refractivity contribution is 5.93. The van der Waals surface area contributed by atoms with Crippen molar-refractivity contribution in [1.29, 1.82) is 0 Å². The number of aromatic nitrogens is 2. The molecule has 1 aromatic rings. The highest BCUT2D eigenvalue weighted by atomic mass is 16.4. The van der Waals surface area contributed by atoms with E-state index in [2.05, 4.69) is 10.4 Å². The minimum atomic E-state index is -0.983. The number of hydrogen-bond donors (Lipinski definition) is 2. The van der Waals surface area contributed by atoms with Crippen molar-refractivity contribution < 1.29 is 14.7 Å². The number of carboxylic acids is 1. The van der Waals surface area contributed by atoms with E-state index in [1.54, 1.807) is 33.9 Å². The van der Waals surface area contributed by atoms with Gasteiger partial charge in [0.1, 0.15) is 5.69 Å². The summed E-state index contributed by atoms with van der Waals surface area (Å²) in [5, 5.41) is 15.6. The van der Waals surface area contributed by atoms with Crippen LogP contribution in [0.15, 0.2) is 6.07 Å². The molecule has 0 unspecified atom stereocenters. The first-order valence-corrected chi connectivity index (χ1v) is 5.26. The summed E-state index contributed by atoms with van der Waals surface area (Å²) in [6.07, 6.45) is 0. The lowest BCUT2D eigenvalue weighted by atomic mass is 9.94. The van der Waals surface area contributed by atoms with Crippen LogP contribution in [0.1, 0.15) is 30.0 Å². The summed E-state index contributed by atoms with van der Waals surface area (Å²) in [4.78, 5) is 22.7. The molecule has 94 valence electrons. The first-order chi connectivity index (χ1) is 7.74. The van der Waals surface area contributed by atoms with Crippen molar-refractivity contribution >= 4 is 11.9 Å². The molecule has 1 rings (SSSR count). The zero-order chi connectivity index (χ0) is 13.2. The second-order valence-electron chi connectivity index (χ2n) is 4.67. The maximum atomic E-state index is 11.8. The van der Waals surface area contributed by atoms with Gasteiger partial charge in [0, 0.05) is 13.6 Å². The van der Waals surface area contributed by atoms with Crippen LogP contribution >= 0.6 is 0 Å². The highest BCUT2D eigenvalue weighted by Crippen LogP contribution is 2.13. The van der Waals surface area contributed by atoms with E-state index in [1.807, 2.05) is 0 Å². The summed E-state index contributed by atoms with van der Waals surface area (Å²) in [7, 11) is 1.67. The first kappa shape index (κ1) is 13.2. The van der Waals surface area contributed by atoms with E-state index in [9.17, 15) is 9.59 Å². The number of aryl methyl sites for hydroxylation is 2. The van der Waals surface area contributed by atoms with Crippen LogP contribution < -0.4 is 5.32 Å². The highest BCUT2D eigenvalue weighted by Gasteiger charge is 2.28. The van der Waals surface area contributed by atoms with Gasteiger partial charge in [-0.1, -0.05) is 0 Å². The topological polar surface area (TPSA) is 84.2 Å². The average Bonchev–Trinajstić information content (AvgIpc) is 2.54. The number of nitrogens with one attached hydrogen (secondary N) is 1. The molecule has 0 saturated carbocycles. The van der Waals surface area contributed by atoms with Gasteiger partial charge in [-0.3, -0.25) is 14.3 Å². The van der Waals surface area contributed by atoms with Crippen LogP contribution in [0, 0.1) is 12.3 Å². The summed E-state index contributed by atoms with van der Waals surface area (Å²) in [5.41, 5.74) is 0.183. The van der Waals surface area contributed by atoms with E-state index in [0.29, 0.717) is 5.69 Å². The standard InChI is InChI=1S/C11H17N3O3/c1-7-5-8(14(4)13-7)9(15)12-6-11(2,3)10(16)17/h5H,6H2,1-4H3,(H,12,15)(H,16,17). The number of carbonyl (C=O) groups excluding carboxylic acids is 1. The minimum Gasteiger partial charge on any atom is -0.481 e. The van der Waals surface area contributed by atoms with Crippen molar-refractivity contribution in [3.63, 3.8) is 0 Å². The van der Waals surface area contributed by atoms with E-state index in [-0.39, 0.29) is 12.5 Å². The Morgan fingerprint density at radius 3 is 2.53 bits per heavy atom. The summed E-state index contributed by atoms with van der Waals surface area (Å²) >= 11 is 0. The zero-order valence-corrected chi connectivity index (χ0v) is 10.4. The van der Waals surface area contributed by atoms with Gasteiger partial charge in [-0.05, 0) is 26.8 Å². The van der Waals surface area contributed by atoms with Crippen LogP contribution in [0.4, 0.5) is 0 Å². The molecule has 0 radical (unpaired) electrons. The molecule has 6 heteroatoms. The van der Waals surface area contributed by atoms with Crippen molar-refractivity contribution in [2.75, 3.05) is 6.54 Å². The summed E-state index contributed by atoms with van der Waals surface area (Å²) < 4.78 is 1.47. The average molecular weight is 239 g/mol. The molecule has 0 saturated heterocycles. The molecule has 0 aliphatic heterocycles. The third kappa shape index (κ3) is 3.05. The van der Waals surface area contributed by atoms with E-state index in [1.165, 1.54) is 4.68 Å². The molecule has 1 heterocycles. The van der Waals surface area contributed by atoms with Crippen LogP contribution in [0.25, 0.3) is 0 Å². The van der Waals surface area contributed by atoms with Crippen LogP contribution in [0.2, 0.25) is 0 Å². The Hall–Kier alpha value is -1.85. The second kappa shape index (κ2) is 4.57. The van der Waals surface area contributed by atoms with Crippen molar-refractivity contribution in [3.8, 4) is 0 Å². The molecule has 17 heavy (non-hydrogen) atoms. The fourth-order valence-corrected chi connectivity index (χ4v) is 1.29. The number of carboxylic acid groups (broad SMARTS) is 1. The van der Waals surface area contributed by atoms with Gasteiger partial charge in [-0.2, -0.15) is 5.10 Å². The molecule has 2 N–H and O–H groups in total. The lowest BCUT2D eigenvalue weighted by Crippen LogP contribution is -2.39. The summed E-state index contributed by atoms with van der Waals surface area (Å²) in [6, 6.07) is 1.66. The Morgan fingerprint density at radius 1 is 1.53 bits per heavy atom. The van der Waals surface area contributed by atoms with E-state index in [0.717, 1.165) is 5.69 Å². The van der Waals surface area contributed by atoms with Gasteiger partial charge >= 0.3 is 5.97 Å². The number of hydrogen-bond acceptors (Lipinski definition) is 3. The van der Waals surface area contributed by atoms with Crippen LogP contribution in [0.5, 0.6) is 0 Å². The smallest absolute Gasteiger partial charge is 0.310 e. The van der Waals surface area contributed by atoms with E-state index >= 15 is 0 Å². The van der Waals surface area contributed by atoms with Gasteiger partial charge in [-0.25, -0.2) is 0 Å². The Bertz CT molecular complexity index is 449. The molecule has 6 nitrogen and oxygen atoms in total. The van der Waals surface area contributed by atoms with Crippen LogP contribution in [-0.4, -0.2) is 33.3 Å². The van der Waals surface area contributed by atoms with E-state index in [4.69, 9.17) is 5.11 Å². The van der Waals surface area contributed by atoms with Crippen LogP contribution in [-0.2, 0) is 11.8 Å². The molecule has 0 spiro atoms. The molecule has 0 aliphatic rings. The number of amides is 1. The maximum Gasteiger partial charge on any atom is 0.310 e. The largest absolute Gasteiger partial charge is 0.481 e. The molecular weight excluding hydrogens is 222 g/mol. The van der Waals surface area contributed by atoms with Gasteiger partial charge in [-0.15, -0.1) is 0 Å². The Balaban J connectivity index is 2.68. The number of nitrogens with zero attached hydrogens (tertiary/aromatic N) is 2. The number of aliphatic carboxylic acids is 1. The van der Waals surface area contributed by atoms with Gasteiger partial charge in [0.25, 0.3) is 5.91 Å². The molecule has 0 atom stereocenters. The monoisotopic (exact) mass is 239 g/mol. The van der Waals surface area contributed by atoms with E-state index < -0.39 is 11.4 Å². The molecule has 1 amide bonds. The number of rotatable bonds is 4. The predicted molar refractivity (Wildman–Crippen MR) is 61.7 cm³/mol. The Labute approximate surface area is 99.6 Å². The van der Waals surface area contributed by atoms with Crippen molar-refractivity contribution in [1.82, 2.24) is 15.1 Å². The van der Waals surface area contributed by atoms with Gasteiger partial charge < -0.3 is 10.4 Å². The quantitative estimate of drug-likeness (QED) is 0.804. The van der Waals surface area contributed by atoms with Crippen molar-refractivity contribution in [3.05, 3.63) is 17.5 Å². The summed E-state index contributed by atoms with van der Waals surface area (Å²) in [5.74, 6) is -1.26. The lowest BCUT2D eigenvalue weighted by Gasteiger charge is -2.19. The normalized spacial score (nSPS) is 11.3. The lowest BCUT2D eigenvalue weighted by molar-refractivity contribution is -0.146. The number of carbonyl (C=O) groups is 2. The molecular formula is C11H17N3O3. The third-order valence-corrected chi connectivity index (χ3v) is 2.50. The Morgan fingerprint density at radius 2 is 2.12 bits per heavy atom. The predicted octanol–water partition coefficient (Wildman–Crippen LogP) is 0.569. The Kier molecular flexibility index (Phi) is 3.55. The maximum absolute atomic E-state index is 11.8. The van der Waals surface area contributed by atoms with Crippen molar-refractivity contribution in [2.24, 2.45) is 12.5 Å². The van der Waals surface area contributed by atoms with Gasteiger partial charge in [0.15, 0.2) is 0 Å². The third-order valence-electron chi connectivity index (χ3n) is 2.50. The molecule has 0 bridgehead atoms. The minimum absolute atomic E-state index is 0.0748. The molecule has 0 aliphatic carbocycles. The van der Waals surface area contributed by atoms with Gasteiger partial charge in [0.2, 0.25) is 0 Å². The molecule has 1 aromatic heterocycles. The van der Waals surface area contributed by atoms with Crippen molar-refractivity contribution in [2.45, 2.75) is 20.8 Å².